The summed E-state index contributed by atoms with van der Waals surface area (Å²) in [5.74, 6) is 0. The van der Waals surface area contributed by atoms with E-state index in [1.807, 2.05) is 0 Å². The molecule has 0 aliphatic rings. The van der Waals surface area contributed by atoms with Crippen molar-refractivity contribution in [3.63, 3.8) is 0 Å². The van der Waals surface area contributed by atoms with Crippen LogP contribution in [0.2, 0.25) is 0 Å². The summed E-state index contributed by atoms with van der Waals surface area (Å²) in [6.07, 6.45) is 4.47. The average Bonchev–Trinajstić information content (AvgIpc) is 2.46. The number of hydrogen-bond acceptors (Lipinski definition) is 5. The minimum atomic E-state index is 0.311. The van der Waals surface area contributed by atoms with Gasteiger partial charge in [0.25, 0.3) is 0 Å². The third-order valence-corrected chi connectivity index (χ3v) is 2.34. The number of carbonyl (C=O) groups is 2. The molecule has 0 atom stereocenters. The number of carbonyl (C=O) groups excluding carboxylic acids is 2. The lowest BCUT2D eigenvalue weighted by molar-refractivity contribution is 0.111. The molecular formula is C13H11N3O2. The third kappa shape index (κ3) is 2.98. The maximum Gasteiger partial charge on any atom is 0.170 e. The first-order valence-electron chi connectivity index (χ1n) is 5.37. The maximum absolute atomic E-state index is 10.5. The molecule has 2 rings (SSSR count). The van der Waals surface area contributed by atoms with Crippen LogP contribution in [0.5, 0.6) is 0 Å². The quantitative estimate of drug-likeness (QED) is 0.807. The Morgan fingerprint density at radius 3 is 2.50 bits per heavy atom. The second-order valence-corrected chi connectivity index (χ2v) is 3.65. The highest BCUT2D eigenvalue weighted by Crippen LogP contribution is 2.09. The van der Waals surface area contributed by atoms with Crippen LogP contribution in [-0.2, 0) is 6.54 Å². The number of benzene rings is 1. The molecule has 0 radical (unpaired) electrons. The van der Waals surface area contributed by atoms with E-state index in [0.717, 1.165) is 12.0 Å². The van der Waals surface area contributed by atoms with Crippen LogP contribution in [0.1, 0.15) is 26.5 Å². The molecular weight excluding hydrogens is 230 g/mol. The Morgan fingerprint density at radius 1 is 1.06 bits per heavy atom. The molecule has 1 heterocycles. The Bertz CT molecular complexity index is 552. The molecule has 0 fully saturated rings. The van der Waals surface area contributed by atoms with Gasteiger partial charge in [0.15, 0.2) is 6.29 Å². The molecule has 90 valence electrons. The van der Waals surface area contributed by atoms with Crippen LogP contribution < -0.4 is 5.32 Å². The van der Waals surface area contributed by atoms with Crippen LogP contribution in [0.3, 0.4) is 0 Å². The summed E-state index contributed by atoms with van der Waals surface area (Å²) in [4.78, 5) is 29.0. The van der Waals surface area contributed by atoms with Gasteiger partial charge in [-0.15, -0.1) is 0 Å². The van der Waals surface area contributed by atoms with Gasteiger partial charge in [0.1, 0.15) is 12.0 Å². The molecule has 0 unspecified atom stereocenters. The molecule has 1 aromatic carbocycles. The van der Waals surface area contributed by atoms with Crippen molar-refractivity contribution in [2.45, 2.75) is 6.54 Å². The molecule has 0 amide bonds. The minimum Gasteiger partial charge on any atom is -0.379 e. The first-order chi connectivity index (χ1) is 8.81. The molecule has 1 N–H and O–H groups in total. The molecule has 5 nitrogen and oxygen atoms in total. The summed E-state index contributed by atoms with van der Waals surface area (Å²) in [5, 5.41) is 3.13. The monoisotopic (exact) mass is 241 g/mol. The second-order valence-electron chi connectivity index (χ2n) is 3.65. The molecule has 5 heteroatoms. The first kappa shape index (κ1) is 11.9. The van der Waals surface area contributed by atoms with Crippen molar-refractivity contribution in [1.82, 2.24) is 9.97 Å². The average molecular weight is 241 g/mol. The van der Waals surface area contributed by atoms with Crippen LogP contribution in [-0.4, -0.2) is 22.5 Å². The van der Waals surface area contributed by atoms with Crippen molar-refractivity contribution in [2.24, 2.45) is 0 Å². The molecule has 0 saturated heterocycles. The van der Waals surface area contributed by atoms with Gasteiger partial charge in [0.2, 0.25) is 0 Å². The Labute approximate surface area is 104 Å². The molecule has 0 spiro atoms. The zero-order valence-electron chi connectivity index (χ0n) is 9.54. The van der Waals surface area contributed by atoms with Crippen LogP contribution in [0.15, 0.2) is 36.7 Å². The number of anilines is 1. The SMILES string of the molecule is O=Cc1ccc(NCc2cncc(C=O)n2)cc1. The predicted octanol–water partition coefficient (Wildman–Crippen LogP) is 1.71. The van der Waals surface area contributed by atoms with E-state index in [1.165, 1.54) is 6.20 Å². The summed E-state index contributed by atoms with van der Waals surface area (Å²) in [6.45, 7) is 0.467. The fourth-order valence-corrected chi connectivity index (χ4v) is 1.44. The van der Waals surface area contributed by atoms with E-state index >= 15 is 0 Å². The Morgan fingerprint density at radius 2 is 1.83 bits per heavy atom. The lowest BCUT2D eigenvalue weighted by Crippen LogP contribution is -2.04. The number of hydrogen-bond donors (Lipinski definition) is 1. The summed E-state index contributed by atoms with van der Waals surface area (Å²) in [7, 11) is 0. The molecule has 0 aliphatic heterocycles. The van der Waals surface area contributed by atoms with Gasteiger partial charge in [-0.1, -0.05) is 0 Å². The number of nitrogens with zero attached hydrogens (tertiary/aromatic N) is 2. The third-order valence-electron chi connectivity index (χ3n) is 2.34. The van der Waals surface area contributed by atoms with Gasteiger partial charge in [-0.3, -0.25) is 14.6 Å². The molecule has 18 heavy (non-hydrogen) atoms. The second kappa shape index (κ2) is 5.67. The Hall–Kier alpha value is -2.56. The summed E-state index contributed by atoms with van der Waals surface area (Å²) in [6, 6.07) is 7.06. The molecule has 0 aliphatic carbocycles. The molecule has 2 aromatic rings. The van der Waals surface area contributed by atoms with Crippen molar-refractivity contribution in [2.75, 3.05) is 5.32 Å². The van der Waals surface area contributed by atoms with E-state index in [-0.39, 0.29) is 0 Å². The molecule has 0 saturated carbocycles. The maximum atomic E-state index is 10.5. The van der Waals surface area contributed by atoms with E-state index in [0.29, 0.717) is 29.8 Å². The van der Waals surface area contributed by atoms with E-state index in [2.05, 4.69) is 15.3 Å². The molecule has 1 aromatic heterocycles. The minimum absolute atomic E-state index is 0.311. The summed E-state index contributed by atoms with van der Waals surface area (Å²) < 4.78 is 0. The summed E-state index contributed by atoms with van der Waals surface area (Å²) in [5.41, 5.74) is 2.49. The fraction of sp³-hybridized carbons (Fsp3) is 0.0769. The van der Waals surface area contributed by atoms with Crippen LogP contribution in [0, 0.1) is 0 Å². The number of nitrogens with one attached hydrogen (secondary N) is 1. The van der Waals surface area contributed by atoms with Crippen molar-refractivity contribution >= 4 is 18.3 Å². The van der Waals surface area contributed by atoms with Gasteiger partial charge in [-0.05, 0) is 24.3 Å². The number of aromatic nitrogens is 2. The van der Waals surface area contributed by atoms with E-state index < -0.39 is 0 Å². The van der Waals surface area contributed by atoms with Gasteiger partial charge in [-0.25, -0.2) is 4.98 Å². The highest BCUT2D eigenvalue weighted by molar-refractivity contribution is 5.75. The van der Waals surface area contributed by atoms with Crippen molar-refractivity contribution in [3.05, 3.63) is 53.6 Å². The van der Waals surface area contributed by atoms with Gasteiger partial charge in [0, 0.05) is 11.3 Å². The van der Waals surface area contributed by atoms with E-state index in [9.17, 15) is 9.59 Å². The van der Waals surface area contributed by atoms with Gasteiger partial charge < -0.3 is 5.32 Å². The lowest BCUT2D eigenvalue weighted by atomic mass is 10.2. The van der Waals surface area contributed by atoms with Crippen molar-refractivity contribution in [1.29, 1.82) is 0 Å². The predicted molar refractivity (Wildman–Crippen MR) is 66.6 cm³/mol. The zero-order valence-corrected chi connectivity index (χ0v) is 9.54. The smallest absolute Gasteiger partial charge is 0.170 e. The normalized spacial score (nSPS) is 9.78. The number of rotatable bonds is 5. The Kier molecular flexibility index (Phi) is 3.76. The topological polar surface area (TPSA) is 72.0 Å². The van der Waals surface area contributed by atoms with Crippen LogP contribution in [0.4, 0.5) is 5.69 Å². The van der Waals surface area contributed by atoms with Gasteiger partial charge in [0.05, 0.1) is 24.6 Å². The van der Waals surface area contributed by atoms with Crippen LogP contribution >= 0.6 is 0 Å². The lowest BCUT2D eigenvalue weighted by Gasteiger charge is -2.05. The Balaban J connectivity index is 2.01. The highest BCUT2D eigenvalue weighted by Gasteiger charge is 1.98. The van der Waals surface area contributed by atoms with E-state index in [1.54, 1.807) is 30.5 Å². The number of aldehydes is 2. The van der Waals surface area contributed by atoms with Crippen molar-refractivity contribution in [3.8, 4) is 0 Å². The fourth-order valence-electron chi connectivity index (χ4n) is 1.44. The highest BCUT2D eigenvalue weighted by atomic mass is 16.1. The van der Waals surface area contributed by atoms with E-state index in [4.69, 9.17) is 0 Å². The van der Waals surface area contributed by atoms with Crippen LogP contribution in [0.25, 0.3) is 0 Å². The largest absolute Gasteiger partial charge is 0.379 e. The zero-order chi connectivity index (χ0) is 12.8. The van der Waals surface area contributed by atoms with Crippen molar-refractivity contribution < 1.29 is 9.59 Å². The summed E-state index contributed by atoms with van der Waals surface area (Å²) >= 11 is 0. The first-order valence-corrected chi connectivity index (χ1v) is 5.37. The molecule has 0 bridgehead atoms. The van der Waals surface area contributed by atoms with Gasteiger partial charge >= 0.3 is 0 Å². The standard InChI is InChI=1S/C13H11N3O2/c17-8-10-1-3-11(4-2-10)15-7-12-5-14-6-13(9-18)16-12/h1-6,8-9,15H,7H2. The van der Waals surface area contributed by atoms with Gasteiger partial charge in [-0.2, -0.15) is 0 Å².